The Morgan fingerprint density at radius 3 is 2.06 bits per heavy atom. The van der Waals surface area contributed by atoms with Crippen molar-refractivity contribution in [3.63, 3.8) is 0 Å². The Morgan fingerprint density at radius 1 is 1.11 bits per heavy atom. The van der Waals surface area contributed by atoms with E-state index in [9.17, 15) is 18.0 Å². The highest BCUT2D eigenvalue weighted by Gasteiger charge is 2.06. The van der Waals surface area contributed by atoms with E-state index in [0.29, 0.717) is 11.4 Å². The number of sulfonamides is 1. The summed E-state index contributed by atoms with van der Waals surface area (Å²) in [5.41, 5.74) is 0.905. The van der Waals surface area contributed by atoms with Crippen LogP contribution in [-0.2, 0) is 19.6 Å². The van der Waals surface area contributed by atoms with Gasteiger partial charge in [-0.15, -0.1) is 0 Å². The molecule has 0 aromatic heterocycles. The quantitative estimate of drug-likeness (QED) is 0.780. The summed E-state index contributed by atoms with van der Waals surface area (Å²) in [4.78, 5) is 22.0. The molecule has 1 rings (SSSR count). The van der Waals surface area contributed by atoms with Crippen LogP contribution in [0.15, 0.2) is 24.3 Å². The summed E-state index contributed by atoms with van der Waals surface area (Å²) in [7, 11) is -3.31. The number of hydrogen-bond donors (Lipinski definition) is 2. The second kappa shape index (κ2) is 5.63. The van der Waals surface area contributed by atoms with E-state index in [0.717, 1.165) is 6.26 Å². The molecule has 0 saturated carbocycles. The number of carbonyl (C=O) groups excluding carboxylic acids is 2. The lowest BCUT2D eigenvalue weighted by molar-refractivity contribution is -0.124. The van der Waals surface area contributed by atoms with Crippen LogP contribution in [0.2, 0.25) is 0 Å². The molecule has 0 radical (unpaired) electrons. The van der Waals surface area contributed by atoms with Crippen LogP contribution in [0.4, 0.5) is 11.4 Å². The fourth-order valence-corrected chi connectivity index (χ4v) is 1.83. The van der Waals surface area contributed by atoms with E-state index in [2.05, 4.69) is 10.0 Å². The molecule has 0 aliphatic carbocycles. The van der Waals surface area contributed by atoms with E-state index in [1.807, 2.05) is 0 Å². The van der Waals surface area contributed by atoms with Crippen molar-refractivity contribution in [3.05, 3.63) is 24.3 Å². The van der Waals surface area contributed by atoms with E-state index in [1.54, 1.807) is 12.1 Å². The lowest BCUT2D eigenvalue weighted by Gasteiger charge is -2.06. The second-order valence-electron chi connectivity index (χ2n) is 3.88. The maximum absolute atomic E-state index is 11.3. The van der Waals surface area contributed by atoms with Crippen molar-refractivity contribution in [2.45, 2.75) is 13.3 Å². The Bertz CT molecular complexity index is 549. The van der Waals surface area contributed by atoms with Crippen LogP contribution in [0.1, 0.15) is 13.3 Å². The average Bonchev–Trinajstić information content (AvgIpc) is 2.17. The minimum absolute atomic E-state index is 0.177. The molecule has 0 atom stereocenters. The number of benzene rings is 1. The standard InChI is InChI=1S/C11H14N2O4S/c1-8(14)7-11(15)12-9-3-5-10(6-4-9)13-18(2,16)17/h3-6,13H,7H2,1-2H3,(H,12,15). The molecule has 0 unspecified atom stereocenters. The Labute approximate surface area is 105 Å². The largest absolute Gasteiger partial charge is 0.326 e. The van der Waals surface area contributed by atoms with Gasteiger partial charge in [-0.1, -0.05) is 0 Å². The van der Waals surface area contributed by atoms with Crippen molar-refractivity contribution in [1.82, 2.24) is 0 Å². The molecular formula is C11H14N2O4S. The molecule has 0 saturated heterocycles. The molecule has 0 spiro atoms. The molecule has 7 heteroatoms. The van der Waals surface area contributed by atoms with Crippen LogP contribution in [0.3, 0.4) is 0 Å². The smallest absolute Gasteiger partial charge is 0.231 e. The van der Waals surface area contributed by atoms with Crippen molar-refractivity contribution in [2.75, 3.05) is 16.3 Å². The maximum atomic E-state index is 11.3. The zero-order valence-corrected chi connectivity index (χ0v) is 10.9. The highest BCUT2D eigenvalue weighted by atomic mass is 32.2. The molecule has 1 aromatic carbocycles. The lowest BCUT2D eigenvalue weighted by Crippen LogP contribution is -2.14. The zero-order chi connectivity index (χ0) is 13.8. The zero-order valence-electron chi connectivity index (χ0n) is 10.1. The van der Waals surface area contributed by atoms with E-state index in [4.69, 9.17) is 0 Å². The molecule has 0 heterocycles. The first kappa shape index (κ1) is 14.2. The molecule has 1 aromatic rings. The fraction of sp³-hybridized carbons (Fsp3) is 0.273. The summed E-state index contributed by atoms with van der Waals surface area (Å²) in [6, 6.07) is 6.13. The predicted octanol–water partition coefficient (Wildman–Crippen LogP) is 0.976. The van der Waals surface area contributed by atoms with Gasteiger partial charge in [-0.05, 0) is 31.2 Å². The first-order chi connectivity index (χ1) is 8.26. The monoisotopic (exact) mass is 270 g/mol. The molecule has 6 nitrogen and oxygen atoms in total. The molecule has 98 valence electrons. The van der Waals surface area contributed by atoms with Crippen LogP contribution in [0.25, 0.3) is 0 Å². The van der Waals surface area contributed by atoms with Gasteiger partial charge >= 0.3 is 0 Å². The summed E-state index contributed by atoms with van der Waals surface area (Å²) in [6.45, 7) is 1.33. The molecule has 1 amide bonds. The highest BCUT2D eigenvalue weighted by molar-refractivity contribution is 7.92. The summed E-state index contributed by atoms with van der Waals surface area (Å²) >= 11 is 0. The Hall–Kier alpha value is -1.89. The Kier molecular flexibility index (Phi) is 4.43. The van der Waals surface area contributed by atoms with E-state index >= 15 is 0 Å². The SMILES string of the molecule is CC(=O)CC(=O)Nc1ccc(NS(C)(=O)=O)cc1. The van der Waals surface area contributed by atoms with Crippen molar-refractivity contribution >= 4 is 33.1 Å². The number of rotatable bonds is 5. The van der Waals surface area contributed by atoms with Crippen LogP contribution in [0.5, 0.6) is 0 Å². The van der Waals surface area contributed by atoms with E-state index in [-0.39, 0.29) is 12.2 Å². The predicted molar refractivity (Wildman–Crippen MR) is 68.8 cm³/mol. The molecule has 0 bridgehead atoms. The van der Waals surface area contributed by atoms with Gasteiger partial charge in [0.05, 0.1) is 12.7 Å². The van der Waals surface area contributed by atoms with E-state index in [1.165, 1.54) is 19.1 Å². The van der Waals surface area contributed by atoms with Gasteiger partial charge in [-0.3, -0.25) is 14.3 Å². The summed E-state index contributed by atoms with van der Waals surface area (Å²) in [6.07, 6.45) is 0.874. The minimum atomic E-state index is -3.31. The average molecular weight is 270 g/mol. The van der Waals surface area contributed by atoms with Gasteiger partial charge in [0, 0.05) is 11.4 Å². The normalized spacial score (nSPS) is 10.8. The Balaban J connectivity index is 2.66. The second-order valence-corrected chi connectivity index (χ2v) is 5.63. The summed E-state index contributed by atoms with van der Waals surface area (Å²) in [5, 5.41) is 2.53. The number of carbonyl (C=O) groups is 2. The van der Waals surface area contributed by atoms with Crippen molar-refractivity contribution in [1.29, 1.82) is 0 Å². The van der Waals surface area contributed by atoms with Gasteiger partial charge in [-0.25, -0.2) is 8.42 Å². The molecule has 0 fully saturated rings. The molecule has 18 heavy (non-hydrogen) atoms. The third-order valence-corrected chi connectivity index (χ3v) is 2.49. The third kappa shape index (κ3) is 5.44. The topological polar surface area (TPSA) is 92.3 Å². The van der Waals surface area contributed by atoms with Crippen LogP contribution < -0.4 is 10.0 Å². The Morgan fingerprint density at radius 2 is 1.61 bits per heavy atom. The number of anilines is 2. The highest BCUT2D eigenvalue weighted by Crippen LogP contribution is 2.14. The van der Waals surface area contributed by atoms with Gasteiger partial charge in [0.1, 0.15) is 5.78 Å². The number of ketones is 1. The number of nitrogens with one attached hydrogen (secondary N) is 2. The molecule has 0 aliphatic rings. The van der Waals surface area contributed by atoms with Crippen molar-refractivity contribution in [3.8, 4) is 0 Å². The number of Topliss-reactive ketones (excluding diaryl/α,β-unsaturated/α-hetero) is 1. The lowest BCUT2D eigenvalue weighted by atomic mass is 10.2. The molecular weight excluding hydrogens is 256 g/mol. The summed E-state index contributed by atoms with van der Waals surface area (Å²) < 4.78 is 24.2. The van der Waals surface area contributed by atoms with Gasteiger partial charge < -0.3 is 5.32 Å². The van der Waals surface area contributed by atoms with Crippen LogP contribution >= 0.6 is 0 Å². The third-order valence-electron chi connectivity index (χ3n) is 1.88. The molecule has 2 N–H and O–H groups in total. The van der Waals surface area contributed by atoms with Gasteiger partial charge in [0.25, 0.3) is 0 Å². The summed E-state index contributed by atoms with van der Waals surface area (Å²) in [5.74, 6) is -0.616. The van der Waals surface area contributed by atoms with Crippen molar-refractivity contribution < 1.29 is 18.0 Å². The molecule has 0 aliphatic heterocycles. The fourth-order valence-electron chi connectivity index (χ4n) is 1.27. The van der Waals surface area contributed by atoms with Crippen LogP contribution in [-0.4, -0.2) is 26.4 Å². The first-order valence-corrected chi connectivity index (χ1v) is 7.02. The minimum Gasteiger partial charge on any atom is -0.326 e. The van der Waals surface area contributed by atoms with Gasteiger partial charge in [0.2, 0.25) is 15.9 Å². The number of hydrogen-bond acceptors (Lipinski definition) is 4. The van der Waals surface area contributed by atoms with Gasteiger partial charge in [-0.2, -0.15) is 0 Å². The van der Waals surface area contributed by atoms with Gasteiger partial charge in [0.15, 0.2) is 0 Å². The van der Waals surface area contributed by atoms with Crippen LogP contribution in [0, 0.1) is 0 Å². The maximum Gasteiger partial charge on any atom is 0.231 e. The number of amides is 1. The van der Waals surface area contributed by atoms with E-state index < -0.39 is 15.9 Å². The first-order valence-electron chi connectivity index (χ1n) is 5.13. The van der Waals surface area contributed by atoms with Crippen molar-refractivity contribution in [2.24, 2.45) is 0 Å².